The monoisotopic (exact) mass is 1110 g/mol. The fraction of sp³-hybridized carbons (Fsp3) is 0.272. The highest BCUT2D eigenvalue weighted by Crippen LogP contribution is 2.54. The number of fused-ring (bicyclic) bond motifs is 8. The van der Waals surface area contributed by atoms with Gasteiger partial charge in [-0.2, -0.15) is 0 Å². The van der Waals surface area contributed by atoms with Gasteiger partial charge in [0.25, 0.3) is 0 Å². The third-order valence-corrected chi connectivity index (χ3v) is 18.6. The number of aromatic nitrogens is 4. The van der Waals surface area contributed by atoms with E-state index < -0.39 is 0 Å². The smallest absolute Gasteiger partial charge is 0.146 e. The Morgan fingerprint density at radius 2 is 0.753 bits per heavy atom. The van der Waals surface area contributed by atoms with Gasteiger partial charge in [0, 0.05) is 34.3 Å². The predicted molar refractivity (Wildman–Crippen MR) is 360 cm³/mol. The van der Waals surface area contributed by atoms with Gasteiger partial charge in [0.2, 0.25) is 0 Å². The minimum absolute atomic E-state index is 0.0288. The third kappa shape index (κ3) is 10.7. The van der Waals surface area contributed by atoms with Crippen molar-refractivity contribution in [3.63, 3.8) is 0 Å². The summed E-state index contributed by atoms with van der Waals surface area (Å²) in [6, 6.07) is 76.2. The fourth-order valence-corrected chi connectivity index (χ4v) is 13.7. The normalized spacial score (nSPS) is 16.2. The molecule has 0 bridgehead atoms. The van der Waals surface area contributed by atoms with Crippen molar-refractivity contribution < 1.29 is 0 Å². The Balaban J connectivity index is 0.965. The molecule has 0 N–H and O–H groups in total. The highest BCUT2D eigenvalue weighted by atomic mass is 15.0. The Hall–Kier alpha value is -8.47. The maximum Gasteiger partial charge on any atom is 0.146 e. The van der Waals surface area contributed by atoms with Crippen LogP contribution in [0, 0.1) is 0 Å². The van der Waals surface area contributed by atoms with Crippen molar-refractivity contribution in [2.75, 3.05) is 0 Å². The van der Waals surface area contributed by atoms with Crippen molar-refractivity contribution in [3.8, 4) is 55.9 Å². The number of hydrogen-bond donors (Lipinski definition) is 0. The summed E-state index contributed by atoms with van der Waals surface area (Å²) < 4.78 is 2.35. The first-order valence-corrected chi connectivity index (χ1v) is 30.9. The van der Waals surface area contributed by atoms with Crippen LogP contribution in [0.2, 0.25) is 0 Å². The van der Waals surface area contributed by atoms with Crippen LogP contribution in [-0.2, 0) is 21.7 Å². The molecule has 1 fully saturated rings. The lowest BCUT2D eigenvalue weighted by Gasteiger charge is -2.39. The molecule has 2 unspecified atom stereocenters. The summed E-state index contributed by atoms with van der Waals surface area (Å²) in [6.07, 6.45) is 7.01. The van der Waals surface area contributed by atoms with Crippen LogP contribution in [0.4, 0.5) is 0 Å². The van der Waals surface area contributed by atoms with E-state index in [1.54, 1.807) is 0 Å². The number of imidazole rings is 1. The first-order chi connectivity index (χ1) is 40.6. The molecule has 12 aromatic rings. The van der Waals surface area contributed by atoms with E-state index in [0.29, 0.717) is 0 Å². The zero-order valence-electron chi connectivity index (χ0n) is 51.8. The Labute approximate surface area is 504 Å². The highest BCUT2D eigenvalue weighted by Gasteiger charge is 2.36. The van der Waals surface area contributed by atoms with Crippen LogP contribution in [0.5, 0.6) is 0 Å². The molecular weight excluding hydrogens is 1030 g/mol. The number of benzene rings is 8. The molecule has 4 nitrogen and oxygen atoms in total. The summed E-state index contributed by atoms with van der Waals surface area (Å²) in [5.74, 6) is 0.769. The van der Waals surface area contributed by atoms with E-state index in [1.165, 1.54) is 88.6 Å². The van der Waals surface area contributed by atoms with Crippen molar-refractivity contribution >= 4 is 38.4 Å². The molecule has 4 aromatic heterocycles. The topological polar surface area (TPSA) is 43.1 Å². The van der Waals surface area contributed by atoms with E-state index in [-0.39, 0.29) is 39.4 Å². The second-order valence-electron chi connectivity index (χ2n) is 28.5. The largest absolute Gasteiger partial charge is 0.292 e. The summed E-state index contributed by atoms with van der Waals surface area (Å²) in [6.45, 7) is 27.7. The minimum Gasteiger partial charge on any atom is -0.292 e. The number of para-hydroxylation sites is 3. The van der Waals surface area contributed by atoms with E-state index >= 15 is 0 Å². The Kier molecular flexibility index (Phi) is 13.9. The molecule has 2 atom stereocenters. The maximum atomic E-state index is 5.27. The third-order valence-electron chi connectivity index (χ3n) is 18.6. The lowest BCUT2D eigenvalue weighted by molar-refractivity contribution is 0.352. The van der Waals surface area contributed by atoms with Crippen LogP contribution in [0.3, 0.4) is 0 Å². The van der Waals surface area contributed by atoms with Crippen molar-refractivity contribution in [1.29, 1.82) is 0 Å². The van der Waals surface area contributed by atoms with Crippen LogP contribution in [-0.4, -0.2) is 19.4 Å². The van der Waals surface area contributed by atoms with Gasteiger partial charge in [0.15, 0.2) is 0 Å². The van der Waals surface area contributed by atoms with Gasteiger partial charge >= 0.3 is 0 Å². The zero-order valence-corrected chi connectivity index (χ0v) is 51.8. The Morgan fingerprint density at radius 3 is 1.27 bits per heavy atom. The molecule has 0 radical (unpaired) electrons. The van der Waals surface area contributed by atoms with Crippen molar-refractivity contribution in [2.45, 2.75) is 142 Å². The van der Waals surface area contributed by atoms with Gasteiger partial charge in [0.05, 0.1) is 27.9 Å². The average Bonchev–Trinajstić information content (AvgIpc) is 1.82. The molecule has 1 aliphatic rings. The Morgan fingerprint density at radius 1 is 0.329 bits per heavy atom. The molecule has 8 aromatic carbocycles. The fourth-order valence-electron chi connectivity index (χ4n) is 13.7. The van der Waals surface area contributed by atoms with Crippen LogP contribution >= 0.6 is 0 Å². The summed E-state index contributed by atoms with van der Waals surface area (Å²) in [7, 11) is 0. The molecule has 1 saturated carbocycles. The lowest BCUT2D eigenvalue weighted by Crippen LogP contribution is -2.22. The molecule has 0 amide bonds. The van der Waals surface area contributed by atoms with Crippen LogP contribution in [0.1, 0.15) is 159 Å². The molecular formula is C81H80N4. The van der Waals surface area contributed by atoms with Gasteiger partial charge in [-0.3, -0.25) is 14.4 Å². The molecule has 0 saturated heterocycles. The summed E-state index contributed by atoms with van der Waals surface area (Å²) >= 11 is 0. The number of nitrogens with zero attached hydrogens (tertiary/aromatic N) is 4. The van der Waals surface area contributed by atoms with Crippen molar-refractivity contribution in [1.82, 2.24) is 19.4 Å². The highest BCUT2D eigenvalue weighted by molar-refractivity contribution is 6.14. The van der Waals surface area contributed by atoms with E-state index in [9.17, 15) is 0 Å². The summed E-state index contributed by atoms with van der Waals surface area (Å²) in [4.78, 5) is 15.0. The van der Waals surface area contributed by atoms with Gasteiger partial charge in [-0.15, -0.1) is 0 Å². The van der Waals surface area contributed by atoms with E-state index in [1.807, 2.05) is 12.4 Å². The number of hydrogen-bond acceptors (Lipinski definition) is 3. The first-order valence-electron chi connectivity index (χ1n) is 30.9. The van der Waals surface area contributed by atoms with Crippen molar-refractivity contribution in [3.05, 3.63) is 252 Å². The summed E-state index contributed by atoms with van der Waals surface area (Å²) in [5.41, 5.74) is 25.8. The average molecular weight is 1110 g/mol. The van der Waals surface area contributed by atoms with Gasteiger partial charge in [-0.05, 0) is 191 Å². The minimum atomic E-state index is -0.0339. The SMILES string of the molecule is CC(C)(C)c1ccnc(-c2ccc(-c3cc(C(C)(C)C)ccc3C3CC(c4ccccc4-c4ccc5c(c4)c4ccccc4n4c6ccccc6nc54)CC(c4ccc(C(C)(C)C)cc4-c4ccc(-c5cc(C(C)(C)C)ccn5)cc4)C3)cc2)c1. The van der Waals surface area contributed by atoms with Crippen LogP contribution in [0.25, 0.3) is 94.3 Å². The zero-order chi connectivity index (χ0) is 59.2. The molecule has 1 aliphatic carbocycles. The molecule has 85 heavy (non-hydrogen) atoms. The van der Waals surface area contributed by atoms with Gasteiger partial charge in [-0.25, -0.2) is 4.98 Å². The van der Waals surface area contributed by atoms with Gasteiger partial charge < -0.3 is 0 Å². The van der Waals surface area contributed by atoms with Crippen LogP contribution < -0.4 is 0 Å². The van der Waals surface area contributed by atoms with E-state index in [4.69, 9.17) is 15.0 Å². The Bertz CT molecular complexity index is 4320. The molecule has 0 aliphatic heterocycles. The first kappa shape index (κ1) is 55.7. The molecule has 4 heteroatoms. The van der Waals surface area contributed by atoms with Crippen molar-refractivity contribution in [2.24, 2.45) is 0 Å². The number of rotatable bonds is 8. The maximum absolute atomic E-state index is 5.27. The second-order valence-corrected chi connectivity index (χ2v) is 28.5. The van der Waals surface area contributed by atoms with Gasteiger partial charge in [0.1, 0.15) is 5.65 Å². The quantitative estimate of drug-likeness (QED) is 0.142. The molecule has 4 heterocycles. The lowest BCUT2D eigenvalue weighted by atomic mass is 9.65. The number of pyridine rings is 3. The molecule has 424 valence electrons. The standard InChI is InChI=1S/C81H80N4/c1-78(2,3)59-34-37-65(69(47-59)51-25-29-53(30-26-51)73-49-61(39-41-82-73)80(7,8)9)57-43-56(44-58(45-57)66-38-35-60(79(4,5)6)48-70(66)52-27-31-54(32-28-52)74-50-62(40-42-83-74)81(10,11)12)64-20-14-13-19-63(64)55-33-36-68-71(46-55)67-21-15-17-23-75(67)85-76-24-18-16-22-72(76)84-77(68)85/h13-42,46-50,56-58H,43-45H2,1-12H3. The molecule has 0 spiro atoms. The second kappa shape index (κ2) is 21.2. The van der Waals surface area contributed by atoms with E-state index in [2.05, 4.69) is 288 Å². The van der Waals surface area contributed by atoms with Crippen LogP contribution in [0.15, 0.2) is 213 Å². The van der Waals surface area contributed by atoms with E-state index in [0.717, 1.165) is 63.8 Å². The summed E-state index contributed by atoms with van der Waals surface area (Å²) in [5, 5.41) is 3.62. The molecule has 13 rings (SSSR count). The van der Waals surface area contributed by atoms with Gasteiger partial charge in [-0.1, -0.05) is 229 Å². The predicted octanol–water partition coefficient (Wildman–Crippen LogP) is 21.9.